The summed E-state index contributed by atoms with van der Waals surface area (Å²) in [6.45, 7) is 3.36. The lowest BCUT2D eigenvalue weighted by atomic mass is 9.97. The van der Waals surface area contributed by atoms with Crippen molar-refractivity contribution in [3.05, 3.63) is 34.9 Å². The molecule has 1 aromatic carbocycles. The van der Waals surface area contributed by atoms with Crippen LogP contribution in [0.1, 0.15) is 41.3 Å². The van der Waals surface area contributed by atoms with Crippen LogP contribution in [-0.4, -0.2) is 11.8 Å². The molecule has 5 heteroatoms. The van der Waals surface area contributed by atoms with Crippen molar-refractivity contribution in [2.75, 3.05) is 0 Å². The van der Waals surface area contributed by atoms with Crippen molar-refractivity contribution in [1.29, 1.82) is 0 Å². The van der Waals surface area contributed by atoms with Crippen molar-refractivity contribution in [3.63, 3.8) is 0 Å². The second-order valence-corrected chi connectivity index (χ2v) is 4.32. The van der Waals surface area contributed by atoms with E-state index in [4.69, 9.17) is 5.73 Å². The molecule has 0 amide bonds. The standard InChI is InChI=1S/C13H16F3NO/c1-3-10(17)7-12(18)11-5-4-9(6-8(11)2)13(14,15)16/h4-6,10H,3,7,17H2,1-2H3. The highest BCUT2D eigenvalue weighted by molar-refractivity contribution is 5.97. The van der Waals surface area contributed by atoms with Gasteiger partial charge >= 0.3 is 6.18 Å². The molecule has 1 unspecified atom stereocenters. The summed E-state index contributed by atoms with van der Waals surface area (Å²) in [5.74, 6) is -0.212. The number of carbonyl (C=O) groups is 1. The highest BCUT2D eigenvalue weighted by Crippen LogP contribution is 2.30. The van der Waals surface area contributed by atoms with Crippen LogP contribution in [0.15, 0.2) is 18.2 Å². The Morgan fingerprint density at radius 1 is 1.39 bits per heavy atom. The van der Waals surface area contributed by atoms with E-state index in [-0.39, 0.29) is 18.2 Å². The number of rotatable bonds is 4. The Morgan fingerprint density at radius 3 is 2.44 bits per heavy atom. The average molecular weight is 259 g/mol. The second-order valence-electron chi connectivity index (χ2n) is 4.32. The number of alkyl halides is 3. The van der Waals surface area contributed by atoms with Crippen LogP contribution in [0.4, 0.5) is 13.2 Å². The molecule has 0 aliphatic heterocycles. The number of hydrogen-bond acceptors (Lipinski definition) is 2. The molecule has 0 aromatic heterocycles. The summed E-state index contributed by atoms with van der Waals surface area (Å²) in [5, 5.41) is 0. The predicted octanol–water partition coefficient (Wildman–Crippen LogP) is 3.32. The first-order valence-electron chi connectivity index (χ1n) is 5.72. The number of ketones is 1. The summed E-state index contributed by atoms with van der Waals surface area (Å²) in [4.78, 5) is 11.8. The minimum absolute atomic E-state index is 0.155. The number of nitrogens with two attached hydrogens (primary N) is 1. The van der Waals surface area contributed by atoms with E-state index in [1.807, 2.05) is 6.92 Å². The number of benzene rings is 1. The molecule has 18 heavy (non-hydrogen) atoms. The van der Waals surface area contributed by atoms with Gasteiger partial charge < -0.3 is 5.73 Å². The Labute approximate surface area is 104 Å². The SMILES string of the molecule is CCC(N)CC(=O)c1ccc(C(F)(F)F)cc1C. The van der Waals surface area contributed by atoms with Crippen molar-refractivity contribution in [1.82, 2.24) is 0 Å². The summed E-state index contributed by atoms with van der Waals surface area (Å²) in [7, 11) is 0. The summed E-state index contributed by atoms with van der Waals surface area (Å²) < 4.78 is 37.4. The number of hydrogen-bond donors (Lipinski definition) is 1. The van der Waals surface area contributed by atoms with Crippen LogP contribution in [0.5, 0.6) is 0 Å². The van der Waals surface area contributed by atoms with Crippen LogP contribution in [-0.2, 0) is 6.18 Å². The Morgan fingerprint density at radius 2 is 2.00 bits per heavy atom. The van der Waals surface area contributed by atoms with Gasteiger partial charge in [0.05, 0.1) is 5.56 Å². The van der Waals surface area contributed by atoms with Gasteiger partial charge in [0.1, 0.15) is 0 Å². The number of halogens is 3. The highest BCUT2D eigenvalue weighted by Gasteiger charge is 2.31. The van der Waals surface area contributed by atoms with E-state index in [0.717, 1.165) is 12.1 Å². The summed E-state index contributed by atoms with van der Waals surface area (Å²) in [6, 6.07) is 2.89. The molecule has 1 rings (SSSR count). The molecule has 0 saturated carbocycles. The van der Waals surface area contributed by atoms with Gasteiger partial charge in [-0.05, 0) is 31.0 Å². The first-order valence-corrected chi connectivity index (χ1v) is 5.72. The normalized spacial score (nSPS) is 13.4. The molecule has 2 N–H and O–H groups in total. The molecule has 2 nitrogen and oxygen atoms in total. The lowest BCUT2D eigenvalue weighted by Gasteiger charge is -2.12. The summed E-state index contributed by atoms with van der Waals surface area (Å²) >= 11 is 0. The van der Waals surface area contributed by atoms with Gasteiger partial charge in [-0.3, -0.25) is 4.79 Å². The lowest BCUT2D eigenvalue weighted by Crippen LogP contribution is -2.23. The van der Waals surface area contributed by atoms with E-state index in [1.54, 1.807) is 0 Å². The maximum atomic E-state index is 12.5. The van der Waals surface area contributed by atoms with Gasteiger partial charge in [-0.2, -0.15) is 13.2 Å². The van der Waals surface area contributed by atoms with Crippen molar-refractivity contribution in [2.24, 2.45) is 5.73 Å². The van der Waals surface area contributed by atoms with Gasteiger partial charge in [-0.1, -0.05) is 13.0 Å². The Bertz CT molecular complexity index is 440. The maximum Gasteiger partial charge on any atom is 0.416 e. The average Bonchev–Trinajstić information content (AvgIpc) is 2.27. The molecule has 0 heterocycles. The Kier molecular flexibility index (Phi) is 4.51. The fraction of sp³-hybridized carbons (Fsp3) is 0.462. The zero-order valence-electron chi connectivity index (χ0n) is 10.3. The third-order valence-corrected chi connectivity index (χ3v) is 2.83. The molecule has 0 fully saturated rings. The highest BCUT2D eigenvalue weighted by atomic mass is 19.4. The fourth-order valence-corrected chi connectivity index (χ4v) is 1.65. The zero-order valence-corrected chi connectivity index (χ0v) is 10.3. The maximum absolute atomic E-state index is 12.5. The van der Waals surface area contributed by atoms with Gasteiger partial charge in [0, 0.05) is 18.0 Å². The molecule has 0 spiro atoms. The molecule has 100 valence electrons. The van der Waals surface area contributed by atoms with Crippen molar-refractivity contribution < 1.29 is 18.0 Å². The quantitative estimate of drug-likeness (QED) is 0.843. The number of aryl methyl sites for hydroxylation is 1. The van der Waals surface area contributed by atoms with Gasteiger partial charge in [0.25, 0.3) is 0 Å². The van der Waals surface area contributed by atoms with Gasteiger partial charge in [-0.15, -0.1) is 0 Å². The topological polar surface area (TPSA) is 43.1 Å². The van der Waals surface area contributed by atoms with Crippen molar-refractivity contribution in [3.8, 4) is 0 Å². The van der Waals surface area contributed by atoms with Crippen LogP contribution in [0.2, 0.25) is 0 Å². The van der Waals surface area contributed by atoms with Gasteiger partial charge in [-0.25, -0.2) is 0 Å². The van der Waals surface area contributed by atoms with Crippen LogP contribution < -0.4 is 5.73 Å². The molecule has 1 aromatic rings. The third kappa shape index (κ3) is 3.57. The third-order valence-electron chi connectivity index (χ3n) is 2.83. The predicted molar refractivity (Wildman–Crippen MR) is 63.4 cm³/mol. The van der Waals surface area contributed by atoms with E-state index in [2.05, 4.69) is 0 Å². The smallest absolute Gasteiger partial charge is 0.327 e. The van der Waals surface area contributed by atoms with Crippen LogP contribution >= 0.6 is 0 Å². The van der Waals surface area contributed by atoms with E-state index >= 15 is 0 Å². The molecule has 0 saturated heterocycles. The molecule has 1 atom stereocenters. The molecular formula is C13H16F3NO. The molecule has 0 radical (unpaired) electrons. The zero-order chi connectivity index (χ0) is 13.9. The first kappa shape index (κ1) is 14.7. The first-order chi connectivity index (χ1) is 8.25. The second kappa shape index (κ2) is 5.52. The minimum Gasteiger partial charge on any atom is -0.327 e. The van der Waals surface area contributed by atoms with Crippen LogP contribution in [0.3, 0.4) is 0 Å². The van der Waals surface area contributed by atoms with Gasteiger partial charge in [0.15, 0.2) is 5.78 Å². The van der Waals surface area contributed by atoms with Crippen molar-refractivity contribution in [2.45, 2.75) is 38.9 Å². The van der Waals surface area contributed by atoms with Gasteiger partial charge in [0.2, 0.25) is 0 Å². The molecular weight excluding hydrogens is 243 g/mol. The van der Waals surface area contributed by atoms with Crippen molar-refractivity contribution >= 4 is 5.78 Å². The van der Waals surface area contributed by atoms with Crippen LogP contribution in [0.25, 0.3) is 0 Å². The number of Topliss-reactive ketones (excluding diaryl/α,β-unsaturated/α-hetero) is 1. The van der Waals surface area contributed by atoms with E-state index < -0.39 is 11.7 Å². The molecule has 0 bridgehead atoms. The summed E-state index contributed by atoms with van der Waals surface area (Å²) in [6.07, 6.45) is -3.57. The lowest BCUT2D eigenvalue weighted by molar-refractivity contribution is -0.137. The minimum atomic E-state index is -4.38. The Hall–Kier alpha value is -1.36. The fourth-order valence-electron chi connectivity index (χ4n) is 1.65. The number of carbonyl (C=O) groups excluding carboxylic acids is 1. The van der Waals surface area contributed by atoms with E-state index in [1.165, 1.54) is 13.0 Å². The van der Waals surface area contributed by atoms with Crippen LogP contribution in [0, 0.1) is 6.92 Å². The molecule has 0 aliphatic rings. The largest absolute Gasteiger partial charge is 0.416 e. The Balaban J connectivity index is 2.96. The van der Waals surface area contributed by atoms with E-state index in [0.29, 0.717) is 17.5 Å². The summed E-state index contributed by atoms with van der Waals surface area (Å²) in [5.41, 5.74) is 5.56. The monoisotopic (exact) mass is 259 g/mol. The molecule has 0 aliphatic carbocycles. The van der Waals surface area contributed by atoms with E-state index in [9.17, 15) is 18.0 Å².